The molecule has 3 heterocycles. The summed E-state index contributed by atoms with van der Waals surface area (Å²) < 4.78 is 6.70. The van der Waals surface area contributed by atoms with Crippen LogP contribution in [0.3, 0.4) is 0 Å². The van der Waals surface area contributed by atoms with Gasteiger partial charge in [0.25, 0.3) is 0 Å². The lowest BCUT2D eigenvalue weighted by Gasteiger charge is -2.17. The van der Waals surface area contributed by atoms with Crippen LogP contribution in [-0.4, -0.2) is 22.2 Å². The molecule has 0 spiro atoms. The molecule has 2 N–H and O–H groups in total. The Labute approximate surface area is 102 Å². The Kier molecular flexibility index (Phi) is 2.31. The molecule has 0 saturated carbocycles. The van der Waals surface area contributed by atoms with Crippen molar-refractivity contribution in [1.29, 1.82) is 0 Å². The highest BCUT2D eigenvalue weighted by Crippen LogP contribution is 2.43. The van der Waals surface area contributed by atoms with Crippen LogP contribution in [0.25, 0.3) is 0 Å². The Morgan fingerprint density at radius 2 is 2.33 bits per heavy atom. The second-order valence-electron chi connectivity index (χ2n) is 4.18. The second-order valence-corrected chi connectivity index (χ2v) is 5.34. The smallest absolute Gasteiger partial charge is 0.140 e. The van der Waals surface area contributed by atoms with Crippen LogP contribution in [0.2, 0.25) is 0 Å². The lowest BCUT2D eigenvalue weighted by molar-refractivity contribution is 0.0999. The highest BCUT2D eigenvalue weighted by molar-refractivity contribution is 14.1. The van der Waals surface area contributed by atoms with E-state index >= 15 is 0 Å². The van der Waals surface area contributed by atoms with Crippen LogP contribution in [0.4, 0.5) is 5.82 Å². The van der Waals surface area contributed by atoms with Crippen LogP contribution >= 0.6 is 22.6 Å². The van der Waals surface area contributed by atoms with Crippen molar-refractivity contribution in [1.82, 2.24) is 9.97 Å². The molecule has 2 aliphatic rings. The SMILES string of the molecule is Nc1nc(C2CC3CCC2O3)ncc1I. The second kappa shape index (κ2) is 3.55. The third-order valence-corrected chi connectivity index (χ3v) is 4.06. The number of anilines is 1. The van der Waals surface area contributed by atoms with Crippen LogP contribution in [0.5, 0.6) is 0 Å². The van der Waals surface area contributed by atoms with Gasteiger partial charge in [-0.2, -0.15) is 0 Å². The average molecular weight is 317 g/mol. The van der Waals surface area contributed by atoms with Crippen LogP contribution in [0, 0.1) is 3.57 Å². The van der Waals surface area contributed by atoms with Gasteiger partial charge in [0.1, 0.15) is 11.6 Å². The van der Waals surface area contributed by atoms with Gasteiger partial charge in [0.15, 0.2) is 0 Å². The zero-order chi connectivity index (χ0) is 10.4. The first kappa shape index (κ1) is 9.77. The molecule has 0 radical (unpaired) electrons. The standard InChI is InChI=1S/C10H12IN3O/c11-7-4-13-10(14-9(7)12)6-3-5-1-2-8(6)15-5/h4-6,8H,1-3H2,(H2,12,13,14). The van der Waals surface area contributed by atoms with Crippen molar-refractivity contribution >= 4 is 28.4 Å². The number of aromatic nitrogens is 2. The number of hydrogen-bond acceptors (Lipinski definition) is 4. The molecule has 2 aliphatic heterocycles. The summed E-state index contributed by atoms with van der Waals surface area (Å²) in [5.74, 6) is 1.81. The van der Waals surface area contributed by atoms with Crippen LogP contribution in [-0.2, 0) is 4.74 Å². The maximum atomic E-state index is 5.79. The van der Waals surface area contributed by atoms with Gasteiger partial charge in [0, 0.05) is 12.1 Å². The van der Waals surface area contributed by atoms with E-state index in [1.807, 2.05) is 0 Å². The molecule has 4 nitrogen and oxygen atoms in total. The molecule has 0 aromatic carbocycles. The minimum atomic E-state index is 0.328. The number of nitrogens with zero attached hydrogens (tertiary/aromatic N) is 2. The lowest BCUT2D eigenvalue weighted by atomic mass is 9.88. The quantitative estimate of drug-likeness (QED) is 0.801. The molecule has 15 heavy (non-hydrogen) atoms. The third-order valence-electron chi connectivity index (χ3n) is 3.23. The topological polar surface area (TPSA) is 61.0 Å². The number of nitrogens with two attached hydrogens (primary N) is 1. The molecule has 2 bridgehead atoms. The van der Waals surface area contributed by atoms with Crippen molar-refractivity contribution < 1.29 is 4.74 Å². The minimum Gasteiger partial charge on any atom is -0.383 e. The molecule has 0 amide bonds. The first-order valence-electron chi connectivity index (χ1n) is 5.17. The Morgan fingerprint density at radius 1 is 1.47 bits per heavy atom. The Balaban J connectivity index is 1.90. The maximum absolute atomic E-state index is 5.79. The predicted octanol–water partition coefficient (Wildman–Crippen LogP) is 1.70. The summed E-state index contributed by atoms with van der Waals surface area (Å²) in [6.07, 6.45) is 5.96. The zero-order valence-electron chi connectivity index (χ0n) is 8.19. The highest BCUT2D eigenvalue weighted by Gasteiger charge is 2.42. The fraction of sp³-hybridized carbons (Fsp3) is 0.600. The van der Waals surface area contributed by atoms with Gasteiger partial charge in [-0.05, 0) is 41.9 Å². The van der Waals surface area contributed by atoms with Crippen molar-refractivity contribution in [3.8, 4) is 0 Å². The van der Waals surface area contributed by atoms with Gasteiger partial charge in [0.2, 0.25) is 0 Å². The first-order valence-corrected chi connectivity index (χ1v) is 6.25. The van der Waals surface area contributed by atoms with Crippen LogP contribution in [0.1, 0.15) is 31.0 Å². The van der Waals surface area contributed by atoms with Gasteiger partial charge in [-0.1, -0.05) is 0 Å². The van der Waals surface area contributed by atoms with E-state index in [1.54, 1.807) is 6.20 Å². The first-order chi connectivity index (χ1) is 7.24. The minimum absolute atomic E-state index is 0.328. The molecule has 5 heteroatoms. The molecule has 3 atom stereocenters. The Hall–Kier alpha value is -0.430. The van der Waals surface area contributed by atoms with Gasteiger partial charge < -0.3 is 10.5 Å². The molecular weight excluding hydrogens is 305 g/mol. The van der Waals surface area contributed by atoms with E-state index < -0.39 is 0 Å². The number of rotatable bonds is 1. The molecule has 80 valence electrons. The third kappa shape index (κ3) is 1.61. The van der Waals surface area contributed by atoms with E-state index in [2.05, 4.69) is 32.6 Å². The van der Waals surface area contributed by atoms with E-state index in [0.29, 0.717) is 23.9 Å². The van der Waals surface area contributed by atoms with Gasteiger partial charge >= 0.3 is 0 Å². The zero-order valence-corrected chi connectivity index (χ0v) is 10.3. The fourth-order valence-electron chi connectivity index (χ4n) is 2.48. The molecule has 2 fully saturated rings. The Morgan fingerprint density at radius 3 is 2.93 bits per heavy atom. The molecular formula is C10H12IN3O. The summed E-state index contributed by atoms with van der Waals surface area (Å²) in [5, 5.41) is 0. The average Bonchev–Trinajstić information content (AvgIpc) is 2.83. The van der Waals surface area contributed by atoms with E-state index in [1.165, 1.54) is 6.42 Å². The lowest BCUT2D eigenvalue weighted by Crippen LogP contribution is -2.17. The van der Waals surface area contributed by atoms with Crippen molar-refractivity contribution in [3.63, 3.8) is 0 Å². The summed E-state index contributed by atoms with van der Waals surface area (Å²) >= 11 is 2.15. The van der Waals surface area contributed by atoms with Crippen molar-refractivity contribution in [2.24, 2.45) is 0 Å². The Bertz CT molecular complexity index is 398. The van der Waals surface area contributed by atoms with E-state index in [9.17, 15) is 0 Å². The number of halogens is 1. The van der Waals surface area contributed by atoms with Gasteiger partial charge in [-0.3, -0.25) is 0 Å². The summed E-state index contributed by atoms with van der Waals surface area (Å²) in [6.45, 7) is 0. The molecule has 0 aliphatic carbocycles. The van der Waals surface area contributed by atoms with Crippen molar-refractivity contribution in [2.45, 2.75) is 37.4 Å². The van der Waals surface area contributed by atoms with Crippen molar-refractivity contribution in [2.75, 3.05) is 5.73 Å². The van der Waals surface area contributed by atoms with E-state index in [4.69, 9.17) is 10.5 Å². The van der Waals surface area contributed by atoms with Crippen LogP contribution < -0.4 is 5.73 Å². The van der Waals surface area contributed by atoms with Crippen molar-refractivity contribution in [3.05, 3.63) is 15.6 Å². The highest BCUT2D eigenvalue weighted by atomic mass is 127. The normalized spacial score (nSPS) is 33.5. The summed E-state index contributed by atoms with van der Waals surface area (Å²) in [5.41, 5.74) is 5.79. The van der Waals surface area contributed by atoms with Gasteiger partial charge in [0.05, 0.1) is 15.8 Å². The molecule has 3 rings (SSSR count). The van der Waals surface area contributed by atoms with E-state index in [-0.39, 0.29) is 0 Å². The molecule has 2 saturated heterocycles. The number of fused-ring (bicyclic) bond motifs is 2. The van der Waals surface area contributed by atoms with Gasteiger partial charge in [-0.15, -0.1) is 0 Å². The number of nitrogen functional groups attached to an aromatic ring is 1. The number of hydrogen-bond donors (Lipinski definition) is 1. The van der Waals surface area contributed by atoms with E-state index in [0.717, 1.165) is 22.2 Å². The molecule has 1 aromatic heterocycles. The fourth-order valence-corrected chi connectivity index (χ4v) is 2.74. The number of ether oxygens (including phenoxy) is 1. The molecule has 1 aromatic rings. The summed E-state index contributed by atoms with van der Waals surface area (Å²) in [7, 11) is 0. The monoisotopic (exact) mass is 317 g/mol. The molecule has 3 unspecified atom stereocenters. The predicted molar refractivity (Wildman–Crippen MR) is 64.4 cm³/mol. The summed E-state index contributed by atoms with van der Waals surface area (Å²) in [4.78, 5) is 8.71. The largest absolute Gasteiger partial charge is 0.383 e. The van der Waals surface area contributed by atoms with Crippen LogP contribution in [0.15, 0.2) is 6.20 Å². The summed E-state index contributed by atoms with van der Waals surface area (Å²) in [6, 6.07) is 0. The maximum Gasteiger partial charge on any atom is 0.140 e. The van der Waals surface area contributed by atoms with Gasteiger partial charge in [-0.25, -0.2) is 9.97 Å².